The third-order valence-corrected chi connectivity index (χ3v) is 4.88. The number of hydrogen-bond acceptors (Lipinski definition) is 2. The second-order valence-electron chi connectivity index (χ2n) is 7.44. The van der Waals surface area contributed by atoms with E-state index < -0.39 is 11.8 Å². The van der Waals surface area contributed by atoms with E-state index in [1.54, 1.807) is 0 Å². The number of amidine groups is 1. The summed E-state index contributed by atoms with van der Waals surface area (Å²) in [5.41, 5.74) is 2.91. The van der Waals surface area contributed by atoms with Crippen molar-refractivity contribution in [2.45, 2.75) is 59.3 Å². The fourth-order valence-corrected chi connectivity index (χ4v) is 2.90. The summed E-state index contributed by atoms with van der Waals surface area (Å²) in [6.45, 7) is 8.64. The van der Waals surface area contributed by atoms with Gasteiger partial charge in [-0.3, -0.25) is 9.79 Å². The summed E-state index contributed by atoms with van der Waals surface area (Å²) in [7, 11) is 3.71. The van der Waals surface area contributed by atoms with Crippen molar-refractivity contribution in [1.29, 1.82) is 0 Å². The van der Waals surface area contributed by atoms with Crippen molar-refractivity contribution in [3.63, 3.8) is 0 Å². The maximum absolute atomic E-state index is 13.4. The molecule has 28 heavy (non-hydrogen) atoms. The zero-order valence-corrected chi connectivity index (χ0v) is 18.1. The van der Waals surface area contributed by atoms with Gasteiger partial charge in [-0.05, 0) is 32.3 Å². The molecule has 6 heteroatoms. The molecule has 4 nitrogen and oxygen atoms in total. The molecule has 0 N–H and O–H groups in total. The van der Waals surface area contributed by atoms with Gasteiger partial charge in [0.2, 0.25) is 6.41 Å². The van der Waals surface area contributed by atoms with Crippen molar-refractivity contribution >= 4 is 12.2 Å². The van der Waals surface area contributed by atoms with Crippen LogP contribution in [0.2, 0.25) is 0 Å². The van der Waals surface area contributed by atoms with Crippen LogP contribution in [-0.4, -0.2) is 55.2 Å². The molecule has 1 saturated carbocycles. The van der Waals surface area contributed by atoms with Crippen LogP contribution in [0.3, 0.4) is 0 Å². The van der Waals surface area contributed by atoms with Crippen molar-refractivity contribution in [2.24, 2.45) is 10.9 Å². The summed E-state index contributed by atoms with van der Waals surface area (Å²) in [4.78, 5) is 19.7. The Labute approximate surface area is 168 Å². The minimum atomic E-state index is -2.66. The van der Waals surface area contributed by atoms with Gasteiger partial charge in [0.05, 0.1) is 12.2 Å². The van der Waals surface area contributed by atoms with E-state index in [2.05, 4.69) is 26.0 Å². The fourth-order valence-electron chi connectivity index (χ4n) is 2.90. The molecule has 0 bridgehead atoms. The van der Waals surface area contributed by atoms with Crippen LogP contribution in [0.25, 0.3) is 0 Å². The van der Waals surface area contributed by atoms with E-state index in [-0.39, 0.29) is 13.0 Å². The molecule has 158 valence electrons. The minimum absolute atomic E-state index is 0.0155. The van der Waals surface area contributed by atoms with Crippen molar-refractivity contribution < 1.29 is 13.6 Å². The van der Waals surface area contributed by atoms with Gasteiger partial charge in [0, 0.05) is 33.0 Å². The number of hydrogen-bond donors (Lipinski definition) is 0. The Morgan fingerprint density at radius 2 is 1.89 bits per heavy atom. The average molecular weight is 396 g/mol. The lowest BCUT2D eigenvalue weighted by molar-refractivity contribution is -0.116. The summed E-state index contributed by atoms with van der Waals surface area (Å²) >= 11 is 0. The topological polar surface area (TPSA) is 35.9 Å². The van der Waals surface area contributed by atoms with Gasteiger partial charge >= 0.3 is 0 Å². The maximum atomic E-state index is 13.4. The quantitative estimate of drug-likeness (QED) is 0.212. The van der Waals surface area contributed by atoms with Gasteiger partial charge in [-0.15, -0.1) is 0 Å². The molecule has 1 fully saturated rings. The van der Waals surface area contributed by atoms with Crippen molar-refractivity contribution in [3.05, 3.63) is 35.1 Å². The SMILES string of the molecule is C/C=C(C)\C(=C/CCC)CN=C(/C(=C\CC)N(C=O)CC1CC1(F)F)N(C)C. The molecule has 0 aromatic rings. The van der Waals surface area contributed by atoms with E-state index in [9.17, 15) is 13.6 Å². The number of amides is 1. The smallest absolute Gasteiger partial charge is 0.253 e. The second kappa shape index (κ2) is 11.1. The van der Waals surface area contributed by atoms with Gasteiger partial charge < -0.3 is 9.80 Å². The van der Waals surface area contributed by atoms with Crippen LogP contribution in [0.15, 0.2) is 40.1 Å². The van der Waals surface area contributed by atoms with E-state index in [1.807, 2.05) is 38.9 Å². The molecule has 1 amide bonds. The largest absolute Gasteiger partial charge is 0.361 e. The predicted molar refractivity (Wildman–Crippen MR) is 113 cm³/mol. The monoisotopic (exact) mass is 395 g/mol. The molecule has 1 aliphatic rings. The lowest BCUT2D eigenvalue weighted by Crippen LogP contribution is -2.36. The number of halogens is 2. The van der Waals surface area contributed by atoms with Gasteiger partial charge in [0.25, 0.3) is 5.92 Å². The highest BCUT2D eigenvalue weighted by Gasteiger charge is 2.57. The van der Waals surface area contributed by atoms with Crippen LogP contribution >= 0.6 is 0 Å². The number of likely N-dealkylation sites (N-methyl/N-ethyl adjacent to an activating group) is 1. The Hall–Kier alpha value is -1.98. The van der Waals surface area contributed by atoms with Crippen LogP contribution in [-0.2, 0) is 4.79 Å². The summed E-state index contributed by atoms with van der Waals surface area (Å²) in [5, 5.41) is 0. The zero-order chi connectivity index (χ0) is 21.3. The van der Waals surface area contributed by atoms with Crippen molar-refractivity contribution in [2.75, 3.05) is 27.2 Å². The third-order valence-electron chi connectivity index (χ3n) is 4.88. The lowest BCUT2D eigenvalue weighted by Gasteiger charge is -2.26. The van der Waals surface area contributed by atoms with E-state index in [0.717, 1.165) is 18.4 Å². The number of carbonyl (C=O) groups excluding carboxylic acids is 1. The molecule has 0 heterocycles. The zero-order valence-electron chi connectivity index (χ0n) is 18.1. The van der Waals surface area contributed by atoms with Gasteiger partial charge in [-0.25, -0.2) is 8.78 Å². The Morgan fingerprint density at radius 3 is 2.32 bits per heavy atom. The summed E-state index contributed by atoms with van der Waals surface area (Å²) in [5.74, 6) is -2.80. The summed E-state index contributed by atoms with van der Waals surface area (Å²) in [6, 6.07) is 0. The minimum Gasteiger partial charge on any atom is -0.361 e. The van der Waals surface area contributed by atoms with E-state index >= 15 is 0 Å². The number of aliphatic imine (C=N–C) groups is 1. The number of unbranched alkanes of at least 4 members (excludes halogenated alkanes) is 1. The highest BCUT2D eigenvalue weighted by molar-refractivity contribution is 5.99. The van der Waals surface area contributed by atoms with Crippen LogP contribution in [0.1, 0.15) is 53.4 Å². The number of carbonyl (C=O) groups is 1. The number of nitrogens with zero attached hydrogens (tertiary/aromatic N) is 3. The van der Waals surface area contributed by atoms with Gasteiger partial charge in [0.1, 0.15) is 5.84 Å². The van der Waals surface area contributed by atoms with Crippen LogP contribution in [0.5, 0.6) is 0 Å². The molecule has 0 aromatic heterocycles. The molecule has 0 radical (unpaired) electrons. The Morgan fingerprint density at radius 1 is 1.25 bits per heavy atom. The second-order valence-corrected chi connectivity index (χ2v) is 7.44. The van der Waals surface area contributed by atoms with Gasteiger partial charge in [-0.1, -0.05) is 44.1 Å². The number of rotatable bonds is 11. The van der Waals surface area contributed by atoms with Gasteiger partial charge in [0.15, 0.2) is 0 Å². The maximum Gasteiger partial charge on any atom is 0.253 e. The molecule has 1 rings (SSSR count). The molecular formula is C22H35F2N3O. The molecule has 1 aliphatic carbocycles. The third kappa shape index (κ3) is 6.88. The van der Waals surface area contributed by atoms with Crippen LogP contribution in [0, 0.1) is 5.92 Å². The van der Waals surface area contributed by atoms with Crippen molar-refractivity contribution in [3.8, 4) is 0 Å². The normalized spacial score (nSPS) is 20.2. The molecule has 1 atom stereocenters. The first-order valence-corrected chi connectivity index (χ1v) is 10.1. The van der Waals surface area contributed by atoms with E-state index in [4.69, 9.17) is 4.99 Å². The molecular weight excluding hydrogens is 360 g/mol. The standard InChI is InChI=1S/C22H35F2N3O/c1-7-10-12-18(17(4)9-3)14-25-21(26(5)6)20(11-8-2)27(16-28)15-19-13-22(19,23)24/h9,11-12,16,19H,7-8,10,13-15H2,1-6H3/b17-9-,18-12-,20-11+,25-21?. The average Bonchev–Trinajstić information content (AvgIpc) is 3.26. The number of alkyl halides is 2. The lowest BCUT2D eigenvalue weighted by atomic mass is 10.1. The fraction of sp³-hybridized carbons (Fsp3) is 0.636. The van der Waals surface area contributed by atoms with Crippen molar-refractivity contribution in [1.82, 2.24) is 9.80 Å². The summed E-state index contributed by atoms with van der Waals surface area (Å²) in [6.07, 6.45) is 9.32. The first kappa shape index (κ1) is 24.1. The molecule has 0 spiro atoms. The summed E-state index contributed by atoms with van der Waals surface area (Å²) < 4.78 is 26.8. The molecule has 0 aromatic carbocycles. The number of allylic oxidation sites excluding steroid dienone is 3. The predicted octanol–water partition coefficient (Wildman–Crippen LogP) is 5.05. The molecule has 1 unspecified atom stereocenters. The highest BCUT2D eigenvalue weighted by atomic mass is 19.3. The van der Waals surface area contributed by atoms with E-state index in [1.165, 1.54) is 10.5 Å². The molecule has 0 saturated heterocycles. The first-order valence-electron chi connectivity index (χ1n) is 10.1. The highest BCUT2D eigenvalue weighted by Crippen LogP contribution is 2.49. The van der Waals surface area contributed by atoms with Gasteiger partial charge in [-0.2, -0.15) is 0 Å². The Bertz CT molecular complexity index is 648. The van der Waals surface area contributed by atoms with Crippen LogP contribution < -0.4 is 0 Å². The Kier molecular flexibility index (Phi) is 9.56. The van der Waals surface area contributed by atoms with Crippen LogP contribution in [0.4, 0.5) is 8.78 Å². The Balaban J connectivity index is 3.16. The first-order chi connectivity index (χ1) is 13.2. The molecule has 0 aliphatic heterocycles. The van der Waals surface area contributed by atoms with E-state index in [0.29, 0.717) is 30.9 Å².